The van der Waals surface area contributed by atoms with E-state index in [9.17, 15) is 8.78 Å². The van der Waals surface area contributed by atoms with E-state index < -0.39 is 17.5 Å². The fraction of sp³-hybridized carbons (Fsp3) is 0.320. The molecule has 0 aliphatic carbocycles. The molecule has 1 aromatic heterocycles. The van der Waals surface area contributed by atoms with E-state index in [4.69, 9.17) is 29.1 Å². The van der Waals surface area contributed by atoms with Crippen molar-refractivity contribution in [2.24, 2.45) is 0 Å². The van der Waals surface area contributed by atoms with E-state index in [-0.39, 0.29) is 11.6 Å². The molecule has 2 aliphatic heterocycles. The number of aromatic nitrogens is 1. The maximum absolute atomic E-state index is 13.6. The fourth-order valence-corrected chi connectivity index (χ4v) is 4.50. The molecule has 3 aromatic rings. The third kappa shape index (κ3) is 5.17. The summed E-state index contributed by atoms with van der Waals surface area (Å²) in [5.41, 5.74) is 2.66. The SMILES string of the molecule is C=C1c2cc(F)ccc2OC12CCN(CCCc1noc3cc(F)ccc13)CC2.O=C(O)C(=O)O. The maximum Gasteiger partial charge on any atom is 0.414 e. The molecule has 184 valence electrons. The summed E-state index contributed by atoms with van der Waals surface area (Å²) < 4.78 is 38.3. The Bertz CT molecular complexity index is 1270. The maximum atomic E-state index is 13.6. The number of carboxylic acids is 2. The highest BCUT2D eigenvalue weighted by molar-refractivity contribution is 6.27. The highest BCUT2D eigenvalue weighted by Crippen LogP contribution is 2.48. The van der Waals surface area contributed by atoms with Crippen molar-refractivity contribution in [3.8, 4) is 5.75 Å². The highest BCUT2D eigenvalue weighted by atomic mass is 19.1. The van der Waals surface area contributed by atoms with Crippen molar-refractivity contribution < 1.29 is 37.8 Å². The molecule has 2 N–H and O–H groups in total. The molecular formula is C25H24F2N2O6. The molecule has 1 spiro atoms. The summed E-state index contributed by atoms with van der Waals surface area (Å²) in [5, 5.41) is 19.8. The van der Waals surface area contributed by atoms with E-state index in [1.807, 2.05) is 0 Å². The predicted molar refractivity (Wildman–Crippen MR) is 122 cm³/mol. The monoisotopic (exact) mass is 486 g/mol. The van der Waals surface area contributed by atoms with Gasteiger partial charge in [0, 0.05) is 42.9 Å². The van der Waals surface area contributed by atoms with Gasteiger partial charge in [0.2, 0.25) is 0 Å². The van der Waals surface area contributed by atoms with Gasteiger partial charge in [-0.1, -0.05) is 11.7 Å². The zero-order valence-electron chi connectivity index (χ0n) is 18.8. The van der Waals surface area contributed by atoms with Gasteiger partial charge in [-0.2, -0.15) is 0 Å². The predicted octanol–water partition coefficient (Wildman–Crippen LogP) is 4.13. The van der Waals surface area contributed by atoms with E-state index in [2.05, 4.69) is 16.6 Å². The Balaban J connectivity index is 0.000000431. The number of hydrogen-bond donors (Lipinski definition) is 2. The summed E-state index contributed by atoms with van der Waals surface area (Å²) in [6.45, 7) is 6.96. The molecule has 35 heavy (non-hydrogen) atoms. The summed E-state index contributed by atoms with van der Waals surface area (Å²) >= 11 is 0. The Morgan fingerprint density at radius 3 is 2.40 bits per heavy atom. The van der Waals surface area contributed by atoms with Gasteiger partial charge in [0.1, 0.15) is 23.0 Å². The van der Waals surface area contributed by atoms with Gasteiger partial charge in [0.05, 0.1) is 5.69 Å². The minimum absolute atomic E-state index is 0.258. The Hall–Kier alpha value is -3.79. The van der Waals surface area contributed by atoms with Gasteiger partial charge in [-0.15, -0.1) is 0 Å². The molecule has 2 aromatic carbocycles. The zero-order chi connectivity index (χ0) is 25.2. The Morgan fingerprint density at radius 2 is 1.71 bits per heavy atom. The number of ether oxygens (including phenoxy) is 1. The number of likely N-dealkylation sites (tertiary alicyclic amines) is 1. The fourth-order valence-electron chi connectivity index (χ4n) is 4.50. The summed E-state index contributed by atoms with van der Waals surface area (Å²) in [6, 6.07) is 9.19. The molecule has 0 atom stereocenters. The van der Waals surface area contributed by atoms with Crippen LogP contribution in [0.1, 0.15) is 30.5 Å². The normalized spacial score (nSPS) is 16.5. The molecule has 1 saturated heterocycles. The van der Waals surface area contributed by atoms with E-state index in [0.717, 1.165) is 73.3 Å². The number of nitrogens with zero attached hydrogens (tertiary/aromatic N) is 2. The first kappa shape index (κ1) is 24.3. The van der Waals surface area contributed by atoms with E-state index in [1.165, 1.54) is 24.3 Å². The lowest BCUT2D eigenvalue weighted by molar-refractivity contribution is -0.159. The molecule has 2 aliphatic rings. The lowest BCUT2D eigenvalue weighted by Gasteiger charge is -2.39. The molecule has 0 amide bonds. The largest absolute Gasteiger partial charge is 0.482 e. The first-order valence-corrected chi connectivity index (χ1v) is 11.1. The highest BCUT2D eigenvalue weighted by Gasteiger charge is 2.45. The number of carboxylic acid groups (broad SMARTS) is 2. The summed E-state index contributed by atoms with van der Waals surface area (Å²) in [6.07, 6.45) is 3.41. The summed E-state index contributed by atoms with van der Waals surface area (Å²) in [4.78, 5) is 20.6. The van der Waals surface area contributed by atoms with Gasteiger partial charge in [-0.25, -0.2) is 18.4 Å². The minimum Gasteiger partial charge on any atom is -0.482 e. The Labute approximate surface area is 199 Å². The van der Waals surface area contributed by atoms with Crippen LogP contribution in [-0.4, -0.2) is 57.4 Å². The van der Waals surface area contributed by atoms with E-state index >= 15 is 0 Å². The molecule has 5 rings (SSSR count). The number of benzene rings is 2. The standard InChI is InChI=1S/C23H22F2N2O2.C2H2O4/c1-15-19-13-16(24)5-7-21(19)28-23(15)8-11-27(12-9-23)10-2-3-20-18-6-4-17(25)14-22(18)29-26-20;3-1(4)2(5)6/h4-7,13-14H,1-3,8-12H2;(H,3,4)(H,5,6). The van der Waals surface area contributed by atoms with Crippen molar-refractivity contribution in [3.05, 3.63) is 65.9 Å². The van der Waals surface area contributed by atoms with Crippen molar-refractivity contribution in [1.29, 1.82) is 0 Å². The average molecular weight is 486 g/mol. The smallest absolute Gasteiger partial charge is 0.414 e. The Morgan fingerprint density at radius 1 is 1.06 bits per heavy atom. The third-order valence-corrected chi connectivity index (χ3v) is 6.37. The lowest BCUT2D eigenvalue weighted by Crippen LogP contribution is -2.46. The number of fused-ring (bicyclic) bond motifs is 2. The van der Waals surface area contributed by atoms with Crippen LogP contribution in [-0.2, 0) is 16.0 Å². The molecule has 3 heterocycles. The van der Waals surface area contributed by atoms with Gasteiger partial charge in [-0.05, 0) is 55.3 Å². The molecule has 0 unspecified atom stereocenters. The quantitative estimate of drug-likeness (QED) is 0.530. The molecule has 0 radical (unpaired) electrons. The molecule has 1 fully saturated rings. The van der Waals surface area contributed by atoms with Crippen LogP contribution in [0, 0.1) is 11.6 Å². The summed E-state index contributed by atoms with van der Waals surface area (Å²) in [7, 11) is 0. The van der Waals surface area contributed by atoms with Gasteiger partial charge in [-0.3, -0.25) is 0 Å². The van der Waals surface area contributed by atoms with Crippen LogP contribution in [0.3, 0.4) is 0 Å². The lowest BCUT2D eigenvalue weighted by atomic mass is 9.83. The number of aryl methyl sites for hydroxylation is 1. The summed E-state index contributed by atoms with van der Waals surface area (Å²) in [5.74, 6) is -3.49. The Kier molecular flexibility index (Phi) is 6.83. The van der Waals surface area contributed by atoms with E-state index in [0.29, 0.717) is 5.58 Å². The third-order valence-electron chi connectivity index (χ3n) is 6.37. The second-order valence-corrected chi connectivity index (χ2v) is 8.54. The zero-order valence-corrected chi connectivity index (χ0v) is 18.8. The van der Waals surface area contributed by atoms with Crippen LogP contribution in [0.4, 0.5) is 8.78 Å². The van der Waals surface area contributed by atoms with Crippen LogP contribution < -0.4 is 4.74 Å². The molecule has 10 heteroatoms. The first-order chi connectivity index (χ1) is 16.7. The first-order valence-electron chi connectivity index (χ1n) is 11.1. The number of aliphatic carboxylic acids is 2. The van der Waals surface area contributed by atoms with Crippen LogP contribution in [0.25, 0.3) is 16.5 Å². The van der Waals surface area contributed by atoms with Gasteiger partial charge in [0.25, 0.3) is 0 Å². The van der Waals surface area contributed by atoms with Gasteiger partial charge >= 0.3 is 11.9 Å². The number of halogens is 2. The van der Waals surface area contributed by atoms with Crippen molar-refractivity contribution >= 4 is 28.5 Å². The minimum atomic E-state index is -1.82. The molecular weight excluding hydrogens is 462 g/mol. The molecule has 0 bridgehead atoms. The van der Waals surface area contributed by atoms with Gasteiger partial charge < -0.3 is 24.4 Å². The number of rotatable bonds is 4. The van der Waals surface area contributed by atoms with Crippen LogP contribution in [0.15, 0.2) is 47.5 Å². The van der Waals surface area contributed by atoms with Crippen molar-refractivity contribution in [3.63, 3.8) is 0 Å². The molecule has 0 saturated carbocycles. The van der Waals surface area contributed by atoms with Crippen LogP contribution in [0.5, 0.6) is 5.75 Å². The van der Waals surface area contributed by atoms with Crippen LogP contribution >= 0.6 is 0 Å². The second-order valence-electron chi connectivity index (χ2n) is 8.54. The topological polar surface area (TPSA) is 113 Å². The average Bonchev–Trinajstić information content (AvgIpc) is 3.34. The van der Waals surface area contributed by atoms with Gasteiger partial charge in [0.15, 0.2) is 5.58 Å². The number of piperidine rings is 1. The second kappa shape index (κ2) is 9.83. The molecule has 8 nitrogen and oxygen atoms in total. The number of hydrogen-bond acceptors (Lipinski definition) is 6. The van der Waals surface area contributed by atoms with E-state index in [1.54, 1.807) is 12.1 Å². The van der Waals surface area contributed by atoms with Crippen molar-refractivity contribution in [2.45, 2.75) is 31.3 Å². The number of carbonyl (C=O) groups is 2. The van der Waals surface area contributed by atoms with Crippen LogP contribution in [0.2, 0.25) is 0 Å². The van der Waals surface area contributed by atoms with Crippen molar-refractivity contribution in [2.75, 3.05) is 19.6 Å². The van der Waals surface area contributed by atoms with Crippen molar-refractivity contribution in [1.82, 2.24) is 10.1 Å².